The molecule has 0 unspecified atom stereocenters. The summed E-state index contributed by atoms with van der Waals surface area (Å²) in [4.78, 5) is 12.0. The fourth-order valence-electron chi connectivity index (χ4n) is 2.30. The van der Waals surface area contributed by atoms with Gasteiger partial charge in [0.15, 0.2) is 11.5 Å². The van der Waals surface area contributed by atoms with Crippen LogP contribution in [0.3, 0.4) is 0 Å². The molecule has 0 heterocycles. The largest absolute Gasteiger partial charge is 0.493 e. The van der Waals surface area contributed by atoms with Gasteiger partial charge in [-0.05, 0) is 18.2 Å². The summed E-state index contributed by atoms with van der Waals surface area (Å²) in [5.41, 5.74) is 1.35. The molecule has 6 nitrogen and oxygen atoms in total. The second-order valence-electron chi connectivity index (χ2n) is 5.27. The summed E-state index contributed by atoms with van der Waals surface area (Å²) in [6.07, 6.45) is 0.261. The Labute approximate surface area is 162 Å². The number of carbonyl (C=O) groups is 1. The maximum Gasteiger partial charge on any atom is 0.226 e. The standard InChI is InChI=1S/C18H20Cl2N2O4/c1-24-15-9-12(10-16(25-2)18(15)26-3)21-7-6-17(23)22-11-4-5-13(19)14(20)8-11/h4-5,8-10,21H,6-7H2,1-3H3,(H,22,23). The van der Waals surface area contributed by atoms with Crippen molar-refractivity contribution in [1.82, 2.24) is 0 Å². The molecular weight excluding hydrogens is 379 g/mol. The van der Waals surface area contributed by atoms with Gasteiger partial charge < -0.3 is 24.8 Å². The molecule has 2 N–H and O–H groups in total. The van der Waals surface area contributed by atoms with Gasteiger partial charge in [-0.15, -0.1) is 0 Å². The summed E-state index contributed by atoms with van der Waals surface area (Å²) in [7, 11) is 4.64. The summed E-state index contributed by atoms with van der Waals surface area (Å²) < 4.78 is 15.9. The molecule has 0 aliphatic rings. The zero-order valence-corrected chi connectivity index (χ0v) is 16.2. The minimum absolute atomic E-state index is 0.150. The maximum atomic E-state index is 12.0. The third-order valence-corrected chi connectivity index (χ3v) is 4.29. The van der Waals surface area contributed by atoms with E-state index >= 15 is 0 Å². The number of hydrogen-bond donors (Lipinski definition) is 2. The third kappa shape index (κ3) is 5.09. The van der Waals surface area contributed by atoms with E-state index in [0.29, 0.717) is 39.5 Å². The summed E-state index contributed by atoms with van der Waals surface area (Å²) >= 11 is 11.8. The summed E-state index contributed by atoms with van der Waals surface area (Å²) in [6, 6.07) is 8.48. The number of carbonyl (C=O) groups excluding carboxylic acids is 1. The SMILES string of the molecule is COc1cc(NCCC(=O)Nc2ccc(Cl)c(Cl)c2)cc(OC)c1OC. The Bertz CT molecular complexity index is 759. The van der Waals surface area contributed by atoms with Gasteiger partial charge in [-0.3, -0.25) is 4.79 Å². The molecule has 1 amide bonds. The molecule has 0 atom stereocenters. The van der Waals surface area contributed by atoms with Crippen molar-refractivity contribution < 1.29 is 19.0 Å². The van der Waals surface area contributed by atoms with Crippen LogP contribution >= 0.6 is 23.2 Å². The number of benzene rings is 2. The fourth-order valence-corrected chi connectivity index (χ4v) is 2.60. The highest BCUT2D eigenvalue weighted by Crippen LogP contribution is 2.39. The number of amides is 1. The van der Waals surface area contributed by atoms with Crippen LogP contribution in [-0.2, 0) is 4.79 Å². The van der Waals surface area contributed by atoms with E-state index in [1.807, 2.05) is 0 Å². The van der Waals surface area contributed by atoms with Crippen molar-refractivity contribution in [3.05, 3.63) is 40.4 Å². The summed E-state index contributed by atoms with van der Waals surface area (Å²) in [5.74, 6) is 1.44. The maximum absolute atomic E-state index is 12.0. The molecular formula is C18H20Cl2N2O4. The average molecular weight is 399 g/mol. The third-order valence-electron chi connectivity index (χ3n) is 3.55. The van der Waals surface area contributed by atoms with Gasteiger partial charge in [0.2, 0.25) is 11.7 Å². The van der Waals surface area contributed by atoms with Crippen LogP contribution in [0.2, 0.25) is 10.0 Å². The van der Waals surface area contributed by atoms with E-state index in [1.165, 1.54) is 0 Å². The van der Waals surface area contributed by atoms with E-state index in [1.54, 1.807) is 51.7 Å². The molecule has 0 fully saturated rings. The Morgan fingerprint density at radius 3 is 2.12 bits per heavy atom. The molecule has 0 saturated carbocycles. The molecule has 8 heteroatoms. The first-order chi connectivity index (χ1) is 12.5. The number of methoxy groups -OCH3 is 3. The lowest BCUT2D eigenvalue weighted by atomic mass is 10.2. The first kappa shape index (κ1) is 20.0. The normalized spacial score (nSPS) is 10.2. The average Bonchev–Trinajstić information content (AvgIpc) is 2.63. The molecule has 2 aromatic rings. The predicted molar refractivity (Wildman–Crippen MR) is 104 cm³/mol. The number of ether oxygens (including phenoxy) is 3. The Morgan fingerprint density at radius 2 is 1.58 bits per heavy atom. The molecule has 26 heavy (non-hydrogen) atoms. The molecule has 0 spiro atoms. The molecule has 0 radical (unpaired) electrons. The van der Waals surface area contributed by atoms with Crippen molar-refractivity contribution in [2.45, 2.75) is 6.42 Å². The van der Waals surface area contributed by atoms with Crippen LogP contribution in [0.1, 0.15) is 6.42 Å². The van der Waals surface area contributed by atoms with Gasteiger partial charge in [-0.2, -0.15) is 0 Å². The Balaban J connectivity index is 1.94. The molecule has 0 saturated heterocycles. The lowest BCUT2D eigenvalue weighted by molar-refractivity contribution is -0.115. The summed E-state index contributed by atoms with van der Waals surface area (Å²) in [6.45, 7) is 0.422. The fraction of sp³-hybridized carbons (Fsp3) is 0.278. The van der Waals surface area contributed by atoms with E-state index in [4.69, 9.17) is 37.4 Å². The van der Waals surface area contributed by atoms with Crippen molar-refractivity contribution >= 4 is 40.5 Å². The highest BCUT2D eigenvalue weighted by molar-refractivity contribution is 6.42. The number of hydrogen-bond acceptors (Lipinski definition) is 5. The number of nitrogens with one attached hydrogen (secondary N) is 2. The molecule has 2 rings (SSSR count). The Hall–Kier alpha value is -2.31. The van der Waals surface area contributed by atoms with Crippen LogP contribution in [0.4, 0.5) is 11.4 Å². The molecule has 2 aromatic carbocycles. The van der Waals surface area contributed by atoms with Gasteiger partial charge in [0, 0.05) is 36.5 Å². The highest BCUT2D eigenvalue weighted by Gasteiger charge is 2.13. The van der Waals surface area contributed by atoms with Crippen LogP contribution < -0.4 is 24.8 Å². The first-order valence-electron chi connectivity index (χ1n) is 7.77. The molecule has 0 bridgehead atoms. The summed E-state index contributed by atoms with van der Waals surface area (Å²) in [5, 5.41) is 6.75. The van der Waals surface area contributed by atoms with Gasteiger partial charge in [-0.25, -0.2) is 0 Å². The van der Waals surface area contributed by atoms with E-state index in [2.05, 4.69) is 10.6 Å². The Kier molecular flexibility index (Phi) is 7.24. The van der Waals surface area contributed by atoms with E-state index in [-0.39, 0.29) is 12.3 Å². The van der Waals surface area contributed by atoms with Crippen LogP contribution in [-0.4, -0.2) is 33.8 Å². The number of rotatable bonds is 8. The van der Waals surface area contributed by atoms with E-state index < -0.39 is 0 Å². The van der Waals surface area contributed by atoms with Gasteiger partial charge >= 0.3 is 0 Å². The second-order valence-corrected chi connectivity index (χ2v) is 6.08. The number of halogens is 2. The van der Waals surface area contributed by atoms with Crippen LogP contribution in [0.15, 0.2) is 30.3 Å². The predicted octanol–water partition coefficient (Wildman–Crippen LogP) is 4.46. The van der Waals surface area contributed by atoms with Crippen molar-refractivity contribution in [2.24, 2.45) is 0 Å². The first-order valence-corrected chi connectivity index (χ1v) is 8.52. The smallest absolute Gasteiger partial charge is 0.226 e. The molecule has 0 aromatic heterocycles. The highest BCUT2D eigenvalue weighted by atomic mass is 35.5. The number of anilines is 2. The Morgan fingerprint density at radius 1 is 0.923 bits per heavy atom. The minimum Gasteiger partial charge on any atom is -0.493 e. The van der Waals surface area contributed by atoms with Crippen molar-refractivity contribution in [3.63, 3.8) is 0 Å². The topological polar surface area (TPSA) is 68.8 Å². The zero-order chi connectivity index (χ0) is 19.1. The molecule has 0 aliphatic heterocycles. The van der Waals surface area contributed by atoms with Crippen LogP contribution in [0, 0.1) is 0 Å². The van der Waals surface area contributed by atoms with Crippen molar-refractivity contribution in [2.75, 3.05) is 38.5 Å². The second kappa shape index (κ2) is 9.40. The lowest BCUT2D eigenvalue weighted by Gasteiger charge is -2.15. The van der Waals surface area contributed by atoms with Crippen molar-refractivity contribution in [1.29, 1.82) is 0 Å². The minimum atomic E-state index is -0.150. The molecule has 0 aliphatic carbocycles. The van der Waals surface area contributed by atoms with Crippen molar-refractivity contribution in [3.8, 4) is 17.2 Å². The molecule has 140 valence electrons. The van der Waals surface area contributed by atoms with E-state index in [0.717, 1.165) is 5.69 Å². The van der Waals surface area contributed by atoms with Gasteiger partial charge in [0.05, 0.1) is 31.4 Å². The quantitative estimate of drug-likeness (QED) is 0.686. The zero-order valence-electron chi connectivity index (χ0n) is 14.7. The van der Waals surface area contributed by atoms with Crippen LogP contribution in [0.25, 0.3) is 0 Å². The van der Waals surface area contributed by atoms with Gasteiger partial charge in [-0.1, -0.05) is 23.2 Å². The van der Waals surface area contributed by atoms with Gasteiger partial charge in [0.1, 0.15) is 0 Å². The van der Waals surface area contributed by atoms with Gasteiger partial charge in [0.25, 0.3) is 0 Å². The monoisotopic (exact) mass is 398 g/mol. The lowest BCUT2D eigenvalue weighted by Crippen LogP contribution is -2.16. The van der Waals surface area contributed by atoms with E-state index in [9.17, 15) is 4.79 Å². The van der Waals surface area contributed by atoms with Crippen LogP contribution in [0.5, 0.6) is 17.2 Å².